The summed E-state index contributed by atoms with van der Waals surface area (Å²) in [6.07, 6.45) is -1.91. The number of hydrogen-bond acceptors (Lipinski definition) is 10. The normalized spacial score (nSPS) is 28.8. The fraction of sp³-hybridized carbons (Fsp3) is 0.522. The van der Waals surface area contributed by atoms with Crippen molar-refractivity contribution in [3.8, 4) is 0 Å². The van der Waals surface area contributed by atoms with Gasteiger partial charge in [0.1, 0.15) is 6.61 Å². The molecule has 1 aromatic carbocycles. The Hall–Kier alpha value is -3.78. The molecule has 13 nitrogen and oxygen atoms in total. The number of methoxy groups -OCH3 is 1. The van der Waals surface area contributed by atoms with E-state index in [2.05, 4.69) is 15.8 Å². The Balaban J connectivity index is 1.55. The summed E-state index contributed by atoms with van der Waals surface area (Å²) in [7, 11) is 1.48. The van der Waals surface area contributed by atoms with Crippen molar-refractivity contribution in [2.24, 2.45) is 5.41 Å². The third-order valence-corrected chi connectivity index (χ3v) is 7.49. The number of imide groups is 2. The minimum atomic E-state index is -1.77. The second-order valence-electron chi connectivity index (χ2n) is 9.77. The minimum absolute atomic E-state index is 0.0360. The number of fused-ring (bicyclic) bond motifs is 5. The number of nitrogens with zero attached hydrogens (tertiary/aromatic N) is 3. The number of benzene rings is 1. The predicted octanol–water partition coefficient (Wildman–Crippen LogP) is 0.829. The van der Waals surface area contributed by atoms with Crippen LogP contribution in [0.15, 0.2) is 10.6 Å². The van der Waals surface area contributed by atoms with Gasteiger partial charge in [0.25, 0.3) is 0 Å². The number of barbiturate groups is 1. The Morgan fingerprint density at radius 2 is 1.95 bits per heavy atom. The lowest BCUT2D eigenvalue weighted by Gasteiger charge is -2.55. The van der Waals surface area contributed by atoms with Gasteiger partial charge >= 0.3 is 12.1 Å². The van der Waals surface area contributed by atoms with E-state index in [1.165, 1.54) is 12.0 Å². The predicted molar refractivity (Wildman–Crippen MR) is 122 cm³/mol. The van der Waals surface area contributed by atoms with Crippen molar-refractivity contribution >= 4 is 46.4 Å². The molecule has 3 fully saturated rings. The Morgan fingerprint density at radius 3 is 2.65 bits per heavy atom. The van der Waals surface area contributed by atoms with Crippen molar-refractivity contribution in [3.05, 3.63) is 17.4 Å². The van der Waals surface area contributed by atoms with Gasteiger partial charge in [0.2, 0.25) is 17.4 Å². The van der Waals surface area contributed by atoms with Gasteiger partial charge in [0.15, 0.2) is 17.1 Å². The number of carbonyl (C=O) groups is 4. The number of halogens is 1. The zero-order valence-electron chi connectivity index (χ0n) is 20.2. The van der Waals surface area contributed by atoms with E-state index in [1.54, 1.807) is 24.8 Å². The number of aromatic nitrogens is 1. The third kappa shape index (κ3) is 3.18. The van der Waals surface area contributed by atoms with Gasteiger partial charge in [-0.2, -0.15) is 0 Å². The number of hydrogen-bond donors (Lipinski definition) is 2. The van der Waals surface area contributed by atoms with E-state index in [4.69, 9.17) is 18.7 Å². The van der Waals surface area contributed by atoms with Gasteiger partial charge in [0.05, 0.1) is 42.0 Å². The number of urea groups is 1. The molecule has 4 atom stereocenters. The molecule has 3 saturated heterocycles. The van der Waals surface area contributed by atoms with Gasteiger partial charge in [-0.05, 0) is 25.5 Å². The molecule has 14 heteroatoms. The number of cyclic esters (lactones) is 1. The molecule has 6 rings (SSSR count). The van der Waals surface area contributed by atoms with Crippen molar-refractivity contribution in [1.82, 2.24) is 15.8 Å². The molecule has 4 aliphatic heterocycles. The molecule has 1 spiro atoms. The minimum Gasteiger partial charge on any atom is -0.447 e. The quantitative estimate of drug-likeness (QED) is 0.560. The number of amides is 5. The third-order valence-electron chi connectivity index (χ3n) is 7.49. The first-order chi connectivity index (χ1) is 17.7. The smallest absolute Gasteiger partial charge is 0.416 e. The van der Waals surface area contributed by atoms with Gasteiger partial charge < -0.3 is 23.6 Å². The van der Waals surface area contributed by atoms with Crippen LogP contribution in [-0.4, -0.2) is 80.3 Å². The molecule has 0 radical (unpaired) electrons. The Bertz CT molecular complexity index is 1340. The Morgan fingerprint density at radius 1 is 1.22 bits per heavy atom. The summed E-state index contributed by atoms with van der Waals surface area (Å²) >= 11 is 0. The summed E-state index contributed by atoms with van der Waals surface area (Å²) < 4.78 is 37.9. The van der Waals surface area contributed by atoms with E-state index in [0.717, 1.165) is 0 Å². The number of carbonyl (C=O) groups excluding carboxylic acids is 4. The van der Waals surface area contributed by atoms with Crippen LogP contribution in [-0.2, 0) is 30.2 Å². The fourth-order valence-corrected chi connectivity index (χ4v) is 6.15. The summed E-state index contributed by atoms with van der Waals surface area (Å²) in [6.45, 7) is 3.88. The second kappa shape index (κ2) is 8.11. The van der Waals surface area contributed by atoms with Gasteiger partial charge in [0, 0.05) is 20.1 Å². The number of rotatable bonds is 3. The van der Waals surface area contributed by atoms with Crippen molar-refractivity contribution in [2.75, 3.05) is 36.7 Å². The molecule has 0 aliphatic carbocycles. The van der Waals surface area contributed by atoms with E-state index in [0.29, 0.717) is 5.56 Å². The van der Waals surface area contributed by atoms with Crippen molar-refractivity contribution in [1.29, 1.82) is 0 Å². The first-order valence-corrected chi connectivity index (χ1v) is 11.8. The molecule has 196 valence electrons. The van der Waals surface area contributed by atoms with Crippen LogP contribution in [0.1, 0.15) is 19.4 Å². The highest BCUT2D eigenvalue weighted by Gasteiger charge is 2.63. The van der Waals surface area contributed by atoms with Crippen LogP contribution in [0.5, 0.6) is 0 Å². The van der Waals surface area contributed by atoms with E-state index in [9.17, 15) is 19.2 Å². The standard InChI is InChI=1S/C23H24FN5O8/c1-9-6-28-15-11(5-23(17(28)10(2)36-9)19(30)25-21(32)26-20(23)31)4-13-16(14(15)24)37-27-18(13)29-12(7-34-3)8-35-22(29)33/h4,9-10,12,17H,5-8H2,1-3H3,(H2,25,26,30,31,32)/t9-,10+,12?,17-/m1/s1. The summed E-state index contributed by atoms with van der Waals surface area (Å²) in [6, 6.07) is -0.773. The molecular formula is C23H24FN5O8. The molecule has 37 heavy (non-hydrogen) atoms. The van der Waals surface area contributed by atoms with E-state index >= 15 is 4.39 Å². The first kappa shape index (κ1) is 23.6. The van der Waals surface area contributed by atoms with Crippen molar-refractivity contribution in [2.45, 2.75) is 44.6 Å². The summed E-state index contributed by atoms with van der Waals surface area (Å²) in [4.78, 5) is 54.0. The molecular weight excluding hydrogens is 493 g/mol. The average molecular weight is 517 g/mol. The monoisotopic (exact) mass is 517 g/mol. The zero-order chi connectivity index (χ0) is 26.2. The molecule has 4 aliphatic rings. The van der Waals surface area contributed by atoms with Crippen LogP contribution in [0.4, 0.5) is 25.5 Å². The van der Waals surface area contributed by atoms with Gasteiger partial charge in [-0.25, -0.2) is 18.9 Å². The number of ether oxygens (including phenoxy) is 3. The SMILES string of the molecule is COCC1COC(=O)N1c1noc2c(F)c3c(cc12)CC1(C(=O)NC(=O)NC1=O)[C@H]1[C@H](C)O[C@H](C)CN31. The summed E-state index contributed by atoms with van der Waals surface area (Å²) in [5, 5.41) is 8.54. The number of nitrogens with one attached hydrogen (secondary N) is 2. The van der Waals surface area contributed by atoms with E-state index in [-0.39, 0.29) is 54.8 Å². The molecule has 2 N–H and O–H groups in total. The lowest BCUT2D eigenvalue weighted by Crippen LogP contribution is -2.75. The van der Waals surface area contributed by atoms with Gasteiger partial charge in [-0.1, -0.05) is 5.16 Å². The van der Waals surface area contributed by atoms with Crippen LogP contribution in [0.25, 0.3) is 11.0 Å². The van der Waals surface area contributed by atoms with Crippen LogP contribution >= 0.6 is 0 Å². The van der Waals surface area contributed by atoms with Crippen molar-refractivity contribution in [3.63, 3.8) is 0 Å². The molecule has 1 unspecified atom stereocenters. The maximum absolute atomic E-state index is 16.2. The number of anilines is 2. The lowest BCUT2D eigenvalue weighted by molar-refractivity contribution is -0.153. The molecule has 0 bridgehead atoms. The molecule has 5 heterocycles. The maximum Gasteiger partial charge on any atom is 0.416 e. The highest BCUT2D eigenvalue weighted by molar-refractivity contribution is 6.20. The van der Waals surface area contributed by atoms with Crippen LogP contribution in [0.3, 0.4) is 0 Å². The van der Waals surface area contributed by atoms with E-state index in [1.807, 2.05) is 0 Å². The van der Waals surface area contributed by atoms with Crippen LogP contribution in [0, 0.1) is 11.2 Å². The fourth-order valence-electron chi connectivity index (χ4n) is 6.15. The molecule has 0 saturated carbocycles. The number of morpholine rings is 1. The average Bonchev–Trinajstić information content (AvgIpc) is 3.40. The second-order valence-corrected chi connectivity index (χ2v) is 9.77. The summed E-state index contributed by atoms with van der Waals surface area (Å²) in [5.41, 5.74) is -1.48. The Labute approximate surface area is 209 Å². The Kier molecular flexibility index (Phi) is 5.18. The highest BCUT2D eigenvalue weighted by atomic mass is 19.1. The molecule has 1 aromatic heterocycles. The molecule has 2 aromatic rings. The molecule has 5 amide bonds. The van der Waals surface area contributed by atoms with Crippen molar-refractivity contribution < 1.29 is 42.3 Å². The van der Waals surface area contributed by atoms with E-state index < -0.39 is 53.4 Å². The lowest BCUT2D eigenvalue weighted by atomic mass is 9.66. The van der Waals surface area contributed by atoms with Gasteiger partial charge in [-0.15, -0.1) is 0 Å². The zero-order valence-corrected chi connectivity index (χ0v) is 20.2. The van der Waals surface area contributed by atoms with Crippen LogP contribution in [0.2, 0.25) is 0 Å². The highest BCUT2D eigenvalue weighted by Crippen LogP contribution is 2.50. The van der Waals surface area contributed by atoms with Gasteiger partial charge in [-0.3, -0.25) is 20.2 Å². The maximum atomic E-state index is 16.2. The summed E-state index contributed by atoms with van der Waals surface area (Å²) in [5.74, 6) is -2.28. The first-order valence-electron chi connectivity index (χ1n) is 11.8. The van der Waals surface area contributed by atoms with Crippen LogP contribution < -0.4 is 20.4 Å². The topological polar surface area (TPSA) is 153 Å². The largest absolute Gasteiger partial charge is 0.447 e.